The average Bonchev–Trinajstić information content (AvgIpc) is 2.70. The second-order valence-corrected chi connectivity index (χ2v) is 5.47. The van der Waals surface area contributed by atoms with Crippen molar-refractivity contribution in [2.75, 3.05) is 11.1 Å². The van der Waals surface area contributed by atoms with Crippen LogP contribution in [0.3, 0.4) is 0 Å². The number of amides is 1. The predicted molar refractivity (Wildman–Crippen MR) is 75.8 cm³/mol. The van der Waals surface area contributed by atoms with Crippen LogP contribution in [-0.2, 0) is 0 Å². The zero-order chi connectivity index (χ0) is 12.4. The van der Waals surface area contributed by atoms with Gasteiger partial charge in [-0.15, -0.1) is 11.3 Å². The molecule has 0 bridgehead atoms. The van der Waals surface area contributed by atoms with Crippen LogP contribution in [0.2, 0.25) is 5.02 Å². The number of nitrogens with one attached hydrogen (secondary N) is 1. The SMILES string of the molecule is Nc1ccsc1C(=O)Nc1ccc(Cl)c(Br)c1. The number of nitrogens with two attached hydrogens (primary N) is 1. The molecule has 3 nitrogen and oxygen atoms in total. The molecule has 1 aromatic carbocycles. The van der Waals surface area contributed by atoms with E-state index in [0.717, 1.165) is 4.47 Å². The Labute approximate surface area is 116 Å². The fraction of sp³-hybridized carbons (Fsp3) is 0. The molecule has 1 heterocycles. The fourth-order valence-electron chi connectivity index (χ4n) is 1.27. The molecule has 2 aromatic rings. The Morgan fingerprint density at radius 3 is 2.76 bits per heavy atom. The molecule has 0 aliphatic rings. The largest absolute Gasteiger partial charge is 0.397 e. The summed E-state index contributed by atoms with van der Waals surface area (Å²) >= 11 is 10.5. The summed E-state index contributed by atoms with van der Waals surface area (Å²) in [6.07, 6.45) is 0. The van der Waals surface area contributed by atoms with Gasteiger partial charge in [0.05, 0.1) is 10.7 Å². The van der Waals surface area contributed by atoms with Crippen molar-refractivity contribution in [1.29, 1.82) is 0 Å². The van der Waals surface area contributed by atoms with Gasteiger partial charge in [-0.2, -0.15) is 0 Å². The Hall–Kier alpha value is -1.04. The van der Waals surface area contributed by atoms with E-state index < -0.39 is 0 Å². The predicted octanol–water partition coefficient (Wildman–Crippen LogP) is 4.00. The molecule has 0 spiro atoms. The number of nitrogen functional groups attached to an aromatic ring is 1. The van der Waals surface area contributed by atoms with Gasteiger partial charge in [0.25, 0.3) is 5.91 Å². The van der Waals surface area contributed by atoms with Crippen LogP contribution in [0.5, 0.6) is 0 Å². The van der Waals surface area contributed by atoms with Crippen LogP contribution in [0.1, 0.15) is 9.67 Å². The summed E-state index contributed by atoms with van der Waals surface area (Å²) in [6, 6.07) is 6.88. The third kappa shape index (κ3) is 2.80. The standard InChI is InChI=1S/C11H8BrClN2OS/c12-7-5-6(1-2-8(7)13)15-11(16)10-9(14)3-4-17-10/h1-5H,14H2,(H,15,16). The highest BCUT2D eigenvalue weighted by Gasteiger charge is 2.11. The molecular formula is C11H8BrClN2OS. The Morgan fingerprint density at radius 1 is 1.41 bits per heavy atom. The maximum atomic E-state index is 11.9. The number of anilines is 2. The molecule has 88 valence electrons. The van der Waals surface area contributed by atoms with Gasteiger partial charge in [-0.1, -0.05) is 11.6 Å². The Balaban J connectivity index is 2.19. The van der Waals surface area contributed by atoms with Crippen LogP contribution in [0, 0.1) is 0 Å². The van der Waals surface area contributed by atoms with Crippen molar-refractivity contribution in [1.82, 2.24) is 0 Å². The molecule has 1 aromatic heterocycles. The Bertz CT molecular complexity index is 570. The van der Waals surface area contributed by atoms with E-state index in [1.807, 2.05) is 0 Å². The normalized spacial score (nSPS) is 10.2. The van der Waals surface area contributed by atoms with Crippen molar-refractivity contribution in [2.45, 2.75) is 0 Å². The maximum Gasteiger partial charge on any atom is 0.267 e. The first-order chi connectivity index (χ1) is 8.08. The number of hydrogen-bond acceptors (Lipinski definition) is 3. The number of hydrogen-bond donors (Lipinski definition) is 2. The van der Waals surface area contributed by atoms with E-state index in [1.165, 1.54) is 11.3 Å². The molecule has 0 unspecified atom stereocenters. The summed E-state index contributed by atoms with van der Waals surface area (Å²) in [5.41, 5.74) is 6.82. The quantitative estimate of drug-likeness (QED) is 0.874. The Kier molecular flexibility index (Phi) is 3.71. The summed E-state index contributed by atoms with van der Waals surface area (Å²) in [5, 5.41) is 5.13. The minimum Gasteiger partial charge on any atom is -0.397 e. The number of halogens is 2. The lowest BCUT2D eigenvalue weighted by Crippen LogP contribution is -2.11. The van der Waals surface area contributed by atoms with Gasteiger partial charge in [0.15, 0.2) is 0 Å². The van der Waals surface area contributed by atoms with Gasteiger partial charge in [-0.25, -0.2) is 0 Å². The molecule has 0 saturated heterocycles. The number of benzene rings is 1. The van der Waals surface area contributed by atoms with Crippen LogP contribution >= 0.6 is 38.9 Å². The van der Waals surface area contributed by atoms with Crippen LogP contribution in [0.15, 0.2) is 34.1 Å². The molecule has 1 amide bonds. The minimum atomic E-state index is -0.216. The van der Waals surface area contributed by atoms with Crippen molar-refractivity contribution in [3.05, 3.63) is 44.0 Å². The highest BCUT2D eigenvalue weighted by molar-refractivity contribution is 9.10. The maximum absolute atomic E-state index is 11.9. The van der Waals surface area contributed by atoms with E-state index >= 15 is 0 Å². The van der Waals surface area contributed by atoms with Gasteiger partial charge in [0.1, 0.15) is 4.88 Å². The molecule has 0 atom stereocenters. The second-order valence-electron chi connectivity index (χ2n) is 3.29. The third-order valence-corrected chi connectivity index (χ3v) is 4.22. The topological polar surface area (TPSA) is 55.1 Å². The number of rotatable bonds is 2. The zero-order valence-electron chi connectivity index (χ0n) is 8.54. The summed E-state index contributed by atoms with van der Waals surface area (Å²) in [7, 11) is 0. The van der Waals surface area contributed by atoms with Crippen LogP contribution in [-0.4, -0.2) is 5.91 Å². The van der Waals surface area contributed by atoms with E-state index in [4.69, 9.17) is 17.3 Å². The molecule has 2 rings (SSSR count). The molecular weight excluding hydrogens is 324 g/mol. The zero-order valence-corrected chi connectivity index (χ0v) is 11.7. The lowest BCUT2D eigenvalue weighted by Gasteiger charge is -2.05. The number of carbonyl (C=O) groups is 1. The second kappa shape index (κ2) is 5.08. The van der Waals surface area contributed by atoms with Crippen molar-refractivity contribution in [3.63, 3.8) is 0 Å². The molecule has 0 saturated carbocycles. The number of carbonyl (C=O) groups excluding carboxylic acids is 1. The van der Waals surface area contributed by atoms with Gasteiger partial charge in [-0.05, 0) is 45.6 Å². The van der Waals surface area contributed by atoms with E-state index in [0.29, 0.717) is 21.3 Å². The Morgan fingerprint density at radius 2 is 2.18 bits per heavy atom. The third-order valence-electron chi connectivity index (χ3n) is 2.08. The molecule has 0 radical (unpaired) electrons. The molecule has 3 N–H and O–H groups in total. The van der Waals surface area contributed by atoms with Crippen molar-refractivity contribution in [3.8, 4) is 0 Å². The molecule has 6 heteroatoms. The average molecular weight is 332 g/mol. The van der Waals surface area contributed by atoms with Crippen LogP contribution in [0.25, 0.3) is 0 Å². The first-order valence-electron chi connectivity index (χ1n) is 4.67. The summed E-state index contributed by atoms with van der Waals surface area (Å²) < 4.78 is 0.733. The van der Waals surface area contributed by atoms with E-state index in [1.54, 1.807) is 29.6 Å². The summed E-state index contributed by atoms with van der Waals surface area (Å²) in [6.45, 7) is 0. The molecule has 17 heavy (non-hydrogen) atoms. The van der Waals surface area contributed by atoms with E-state index in [-0.39, 0.29) is 5.91 Å². The first-order valence-corrected chi connectivity index (χ1v) is 6.72. The highest BCUT2D eigenvalue weighted by atomic mass is 79.9. The lowest BCUT2D eigenvalue weighted by atomic mass is 10.3. The number of thiophene rings is 1. The monoisotopic (exact) mass is 330 g/mol. The van der Waals surface area contributed by atoms with Gasteiger partial charge in [-0.3, -0.25) is 4.79 Å². The fourth-order valence-corrected chi connectivity index (χ4v) is 2.47. The molecule has 0 aliphatic heterocycles. The highest BCUT2D eigenvalue weighted by Crippen LogP contribution is 2.26. The lowest BCUT2D eigenvalue weighted by molar-refractivity contribution is 0.103. The van der Waals surface area contributed by atoms with E-state index in [9.17, 15) is 4.79 Å². The van der Waals surface area contributed by atoms with Crippen LogP contribution < -0.4 is 11.1 Å². The van der Waals surface area contributed by atoms with Gasteiger partial charge in [0, 0.05) is 10.2 Å². The van der Waals surface area contributed by atoms with Gasteiger partial charge in [0.2, 0.25) is 0 Å². The van der Waals surface area contributed by atoms with E-state index in [2.05, 4.69) is 21.2 Å². The first kappa shape index (κ1) is 12.4. The van der Waals surface area contributed by atoms with Crippen LogP contribution in [0.4, 0.5) is 11.4 Å². The van der Waals surface area contributed by atoms with Gasteiger partial charge < -0.3 is 11.1 Å². The van der Waals surface area contributed by atoms with Crippen molar-refractivity contribution < 1.29 is 4.79 Å². The molecule has 0 fully saturated rings. The minimum absolute atomic E-state index is 0.216. The van der Waals surface area contributed by atoms with Gasteiger partial charge >= 0.3 is 0 Å². The molecule has 0 aliphatic carbocycles. The summed E-state index contributed by atoms with van der Waals surface area (Å²) in [5.74, 6) is -0.216. The summed E-state index contributed by atoms with van der Waals surface area (Å²) in [4.78, 5) is 12.4. The smallest absolute Gasteiger partial charge is 0.267 e. The van der Waals surface area contributed by atoms with Crippen molar-refractivity contribution >= 4 is 56.1 Å². The van der Waals surface area contributed by atoms with Crippen molar-refractivity contribution in [2.24, 2.45) is 0 Å².